The van der Waals surface area contributed by atoms with Gasteiger partial charge in [-0.25, -0.2) is 4.99 Å². The van der Waals surface area contributed by atoms with E-state index in [0.717, 1.165) is 83.4 Å². The first-order valence-electron chi connectivity index (χ1n) is 18.8. The molecular formula is C50H32N4O. The van der Waals surface area contributed by atoms with Crippen LogP contribution < -0.4 is 5.32 Å². The Labute approximate surface area is 316 Å². The van der Waals surface area contributed by atoms with Crippen LogP contribution in [0.15, 0.2) is 191 Å². The van der Waals surface area contributed by atoms with E-state index in [-0.39, 0.29) is 6.04 Å². The van der Waals surface area contributed by atoms with E-state index in [0.29, 0.717) is 0 Å². The van der Waals surface area contributed by atoms with Crippen molar-refractivity contribution in [1.29, 1.82) is 0 Å². The molecule has 1 aliphatic rings. The van der Waals surface area contributed by atoms with Gasteiger partial charge in [0.05, 0.1) is 50.6 Å². The molecule has 5 heteroatoms. The van der Waals surface area contributed by atoms with Gasteiger partial charge in [0, 0.05) is 38.3 Å². The third-order valence-corrected chi connectivity index (χ3v) is 11.4. The van der Waals surface area contributed by atoms with Crippen LogP contribution in [0.1, 0.15) is 17.2 Å². The standard InChI is InChI=1S/C50H32N4O/c1-3-13-31(14-4-1)48-49(52-41-20-10-9-19-40(41)51-48)32-23-25-34(26-24-32)53-42-21-11-7-17-35(42)38-29-39-45(30-44(38)53)54(33-15-5-2-6-16-33)43-28-27-37-36-18-8-12-22-46(36)55-50(37)47(39)43/h1-30,48,51H. The highest BCUT2D eigenvalue weighted by molar-refractivity contribution is 6.27. The van der Waals surface area contributed by atoms with Gasteiger partial charge in [-0.2, -0.15) is 0 Å². The largest absolute Gasteiger partial charge is 0.455 e. The minimum atomic E-state index is -0.0680. The van der Waals surface area contributed by atoms with Crippen molar-refractivity contribution >= 4 is 82.6 Å². The molecule has 0 bridgehead atoms. The summed E-state index contributed by atoms with van der Waals surface area (Å²) in [4.78, 5) is 5.23. The van der Waals surface area contributed by atoms with Crippen LogP contribution in [-0.4, -0.2) is 14.8 Å². The van der Waals surface area contributed by atoms with E-state index >= 15 is 0 Å². The Morgan fingerprint density at radius 1 is 0.473 bits per heavy atom. The van der Waals surface area contributed by atoms with Crippen LogP contribution in [0.25, 0.3) is 76.9 Å². The summed E-state index contributed by atoms with van der Waals surface area (Å²) in [6, 6.07) is 64.7. The van der Waals surface area contributed by atoms with Crippen LogP contribution in [0.4, 0.5) is 11.4 Å². The fourth-order valence-corrected chi connectivity index (χ4v) is 8.89. The molecule has 11 aromatic rings. The van der Waals surface area contributed by atoms with Crippen molar-refractivity contribution in [3.05, 3.63) is 193 Å². The summed E-state index contributed by atoms with van der Waals surface area (Å²) in [6.45, 7) is 0. The second-order valence-corrected chi connectivity index (χ2v) is 14.4. The number of rotatable bonds is 4. The van der Waals surface area contributed by atoms with Gasteiger partial charge in [0.15, 0.2) is 0 Å². The first-order chi connectivity index (χ1) is 27.3. The normalized spacial score (nSPS) is 14.3. The lowest BCUT2D eigenvalue weighted by Crippen LogP contribution is -2.24. The lowest BCUT2D eigenvalue weighted by atomic mass is 9.94. The van der Waals surface area contributed by atoms with Crippen molar-refractivity contribution in [1.82, 2.24) is 9.13 Å². The van der Waals surface area contributed by atoms with Gasteiger partial charge in [-0.15, -0.1) is 0 Å². The van der Waals surface area contributed by atoms with Gasteiger partial charge < -0.3 is 18.9 Å². The molecule has 1 aliphatic heterocycles. The smallest absolute Gasteiger partial charge is 0.145 e. The molecule has 4 heterocycles. The second kappa shape index (κ2) is 11.6. The number of aliphatic imine (C=N–C) groups is 1. The lowest BCUT2D eigenvalue weighted by Gasteiger charge is -2.28. The molecule has 3 aromatic heterocycles. The van der Waals surface area contributed by atoms with Crippen LogP contribution in [0, 0.1) is 0 Å². The van der Waals surface area contributed by atoms with Gasteiger partial charge in [0.2, 0.25) is 0 Å². The van der Waals surface area contributed by atoms with Crippen molar-refractivity contribution in [3.8, 4) is 11.4 Å². The molecule has 55 heavy (non-hydrogen) atoms. The maximum absolute atomic E-state index is 6.68. The second-order valence-electron chi connectivity index (χ2n) is 14.4. The molecule has 0 radical (unpaired) electrons. The number of nitrogens with one attached hydrogen (secondary N) is 1. The summed E-state index contributed by atoms with van der Waals surface area (Å²) < 4.78 is 11.5. The quantitative estimate of drug-likeness (QED) is 0.198. The van der Waals surface area contributed by atoms with E-state index in [2.05, 4.69) is 184 Å². The molecule has 0 aliphatic carbocycles. The van der Waals surface area contributed by atoms with Crippen molar-refractivity contribution in [2.45, 2.75) is 6.04 Å². The molecule has 0 saturated carbocycles. The molecule has 5 nitrogen and oxygen atoms in total. The van der Waals surface area contributed by atoms with E-state index < -0.39 is 0 Å². The zero-order valence-corrected chi connectivity index (χ0v) is 29.6. The number of anilines is 1. The topological polar surface area (TPSA) is 47.4 Å². The summed E-state index contributed by atoms with van der Waals surface area (Å²) in [5.41, 5.74) is 13.9. The maximum atomic E-state index is 6.68. The number of furan rings is 1. The Morgan fingerprint density at radius 2 is 1.15 bits per heavy atom. The number of hydrogen-bond donors (Lipinski definition) is 1. The predicted molar refractivity (Wildman–Crippen MR) is 228 cm³/mol. The van der Waals surface area contributed by atoms with Crippen molar-refractivity contribution < 1.29 is 4.42 Å². The van der Waals surface area contributed by atoms with Gasteiger partial charge in [0.25, 0.3) is 0 Å². The number of hydrogen-bond acceptors (Lipinski definition) is 3. The number of benzene rings is 8. The molecule has 0 saturated heterocycles. The minimum Gasteiger partial charge on any atom is -0.455 e. The Kier molecular flexibility index (Phi) is 6.33. The van der Waals surface area contributed by atoms with E-state index in [1.165, 1.54) is 21.7 Å². The summed E-state index contributed by atoms with van der Waals surface area (Å²) in [6.07, 6.45) is 0. The van der Waals surface area contributed by atoms with Crippen LogP contribution in [-0.2, 0) is 0 Å². The number of nitrogens with zero attached hydrogens (tertiary/aromatic N) is 3. The maximum Gasteiger partial charge on any atom is 0.145 e. The summed E-state index contributed by atoms with van der Waals surface area (Å²) in [5, 5.41) is 10.8. The van der Waals surface area contributed by atoms with Crippen LogP contribution >= 0.6 is 0 Å². The van der Waals surface area contributed by atoms with Gasteiger partial charge >= 0.3 is 0 Å². The predicted octanol–water partition coefficient (Wildman–Crippen LogP) is 13.1. The summed E-state index contributed by atoms with van der Waals surface area (Å²) in [5.74, 6) is 0. The minimum absolute atomic E-state index is 0.0680. The Balaban J connectivity index is 1.10. The van der Waals surface area contributed by atoms with Crippen molar-refractivity contribution in [3.63, 3.8) is 0 Å². The van der Waals surface area contributed by atoms with Crippen LogP contribution in [0.3, 0.4) is 0 Å². The SMILES string of the molecule is c1ccc(C2Nc3ccccc3N=C2c2ccc(-n3c4ccccc4c4cc5c6c7oc8ccccc8c7ccc6n(-c6ccccc6)c5cc43)cc2)cc1. The molecule has 1 unspecified atom stereocenters. The Morgan fingerprint density at radius 3 is 2.00 bits per heavy atom. The Hall–Kier alpha value is -7.37. The molecule has 0 amide bonds. The van der Waals surface area contributed by atoms with Gasteiger partial charge in [-0.1, -0.05) is 109 Å². The summed E-state index contributed by atoms with van der Waals surface area (Å²) in [7, 11) is 0. The first kappa shape index (κ1) is 30.1. The van der Waals surface area contributed by atoms with E-state index in [1.54, 1.807) is 0 Å². The average Bonchev–Trinajstić information content (AvgIpc) is 3.90. The third-order valence-electron chi connectivity index (χ3n) is 11.4. The van der Waals surface area contributed by atoms with Crippen molar-refractivity contribution in [2.75, 3.05) is 5.32 Å². The van der Waals surface area contributed by atoms with E-state index in [9.17, 15) is 0 Å². The molecule has 1 atom stereocenters. The Bertz CT molecular complexity index is 3330. The molecule has 258 valence electrons. The monoisotopic (exact) mass is 704 g/mol. The fraction of sp³-hybridized carbons (Fsp3) is 0.0200. The molecule has 1 N–H and O–H groups in total. The van der Waals surface area contributed by atoms with Crippen LogP contribution in [0.5, 0.6) is 0 Å². The zero-order valence-electron chi connectivity index (χ0n) is 29.6. The van der Waals surface area contributed by atoms with E-state index in [1.807, 2.05) is 12.1 Å². The number of para-hydroxylation sites is 5. The van der Waals surface area contributed by atoms with E-state index in [4.69, 9.17) is 9.41 Å². The highest BCUT2D eigenvalue weighted by Crippen LogP contribution is 2.44. The van der Waals surface area contributed by atoms with Crippen LogP contribution in [0.2, 0.25) is 0 Å². The molecule has 0 fully saturated rings. The first-order valence-corrected chi connectivity index (χ1v) is 18.8. The molecule has 8 aromatic carbocycles. The number of aromatic nitrogens is 2. The summed E-state index contributed by atoms with van der Waals surface area (Å²) >= 11 is 0. The average molecular weight is 705 g/mol. The van der Waals surface area contributed by atoms with Gasteiger partial charge in [-0.3, -0.25) is 0 Å². The highest BCUT2D eigenvalue weighted by Gasteiger charge is 2.26. The highest BCUT2D eigenvalue weighted by atomic mass is 16.3. The van der Waals surface area contributed by atoms with Crippen molar-refractivity contribution in [2.24, 2.45) is 4.99 Å². The molecule has 12 rings (SSSR count). The zero-order chi connectivity index (χ0) is 36.0. The third kappa shape index (κ3) is 4.44. The molecule has 0 spiro atoms. The van der Waals surface area contributed by atoms with Gasteiger partial charge in [-0.05, 0) is 83.9 Å². The lowest BCUT2D eigenvalue weighted by molar-refractivity contribution is 0.673. The van der Waals surface area contributed by atoms with Gasteiger partial charge in [0.1, 0.15) is 11.2 Å². The number of fused-ring (bicyclic) bond motifs is 11. The molecular weight excluding hydrogens is 673 g/mol. The fourth-order valence-electron chi connectivity index (χ4n) is 8.89.